The van der Waals surface area contributed by atoms with E-state index in [0.29, 0.717) is 18.9 Å². The lowest BCUT2D eigenvalue weighted by Crippen LogP contribution is -2.09. The van der Waals surface area contributed by atoms with E-state index in [1.807, 2.05) is 26.0 Å². The second-order valence-electron chi connectivity index (χ2n) is 4.27. The molecule has 0 aliphatic heterocycles. The van der Waals surface area contributed by atoms with E-state index < -0.39 is 0 Å². The molecule has 0 unspecified atom stereocenters. The zero-order valence-electron chi connectivity index (χ0n) is 10.6. The fourth-order valence-electron chi connectivity index (χ4n) is 1.51. The maximum atomic E-state index is 5.67. The molecule has 0 saturated heterocycles. The fraction of sp³-hybridized carbons (Fsp3) is 0.385. The molecule has 0 atom stereocenters. The molecule has 5 nitrogen and oxygen atoms in total. The Morgan fingerprint density at radius 1 is 1.44 bits per heavy atom. The van der Waals surface area contributed by atoms with Gasteiger partial charge in [-0.3, -0.25) is 0 Å². The van der Waals surface area contributed by atoms with Crippen molar-refractivity contribution in [3.8, 4) is 5.75 Å². The van der Waals surface area contributed by atoms with Crippen molar-refractivity contribution in [3.05, 3.63) is 41.9 Å². The van der Waals surface area contributed by atoms with E-state index >= 15 is 0 Å². The maximum Gasteiger partial charge on any atom is 0.161 e. The van der Waals surface area contributed by atoms with E-state index in [1.54, 1.807) is 12.5 Å². The molecule has 0 aliphatic carbocycles. The van der Waals surface area contributed by atoms with Crippen LogP contribution in [0.5, 0.6) is 5.75 Å². The average molecular weight is 247 g/mol. The highest BCUT2D eigenvalue weighted by atomic mass is 16.5. The van der Waals surface area contributed by atoms with Gasteiger partial charge in [-0.25, -0.2) is 9.97 Å². The van der Waals surface area contributed by atoms with Crippen LogP contribution >= 0.6 is 0 Å². The molecule has 0 fully saturated rings. The number of rotatable bonds is 5. The first kappa shape index (κ1) is 12.6. The molecule has 5 heteroatoms. The second kappa shape index (κ2) is 5.64. The normalized spacial score (nSPS) is 10.9. The van der Waals surface area contributed by atoms with Crippen molar-refractivity contribution in [3.63, 3.8) is 0 Å². The van der Waals surface area contributed by atoms with Crippen molar-refractivity contribution in [2.45, 2.75) is 32.9 Å². The Morgan fingerprint density at radius 2 is 2.28 bits per heavy atom. The van der Waals surface area contributed by atoms with Gasteiger partial charge in [0.25, 0.3) is 0 Å². The highest BCUT2D eigenvalue weighted by Crippen LogP contribution is 2.19. The van der Waals surface area contributed by atoms with Crippen molar-refractivity contribution in [1.29, 1.82) is 0 Å². The van der Waals surface area contributed by atoms with Crippen LogP contribution in [-0.4, -0.2) is 9.97 Å². The minimum Gasteiger partial charge on any atom is -0.482 e. The molecule has 2 aromatic heterocycles. The number of hydrogen-bond donors (Lipinski definition) is 1. The lowest BCUT2D eigenvalue weighted by molar-refractivity contribution is 0.265. The fourth-order valence-corrected chi connectivity index (χ4v) is 1.51. The van der Waals surface area contributed by atoms with Crippen LogP contribution in [-0.2, 0) is 13.2 Å². The first-order valence-corrected chi connectivity index (χ1v) is 5.91. The van der Waals surface area contributed by atoms with Crippen LogP contribution in [0.15, 0.2) is 29.0 Å². The Bertz CT molecular complexity index is 495. The highest BCUT2D eigenvalue weighted by Gasteiger charge is 2.10. The third-order valence-electron chi connectivity index (χ3n) is 2.51. The van der Waals surface area contributed by atoms with Crippen LogP contribution in [0.25, 0.3) is 0 Å². The number of nitrogens with two attached hydrogens (primary N) is 1. The Morgan fingerprint density at radius 3 is 2.89 bits per heavy atom. The maximum absolute atomic E-state index is 5.67. The SMILES string of the molecule is CC(C)c1ncc(OCc2ccco2)c(CN)n1. The van der Waals surface area contributed by atoms with E-state index in [0.717, 1.165) is 17.3 Å². The van der Waals surface area contributed by atoms with Gasteiger partial charge in [0.2, 0.25) is 0 Å². The van der Waals surface area contributed by atoms with Crippen LogP contribution in [0.1, 0.15) is 37.0 Å². The van der Waals surface area contributed by atoms with Crippen molar-refractivity contribution in [1.82, 2.24) is 9.97 Å². The third kappa shape index (κ3) is 2.87. The van der Waals surface area contributed by atoms with Gasteiger partial charge < -0.3 is 14.9 Å². The number of ether oxygens (including phenoxy) is 1. The number of nitrogens with zero attached hydrogens (tertiary/aromatic N) is 2. The number of hydrogen-bond acceptors (Lipinski definition) is 5. The van der Waals surface area contributed by atoms with Crippen LogP contribution in [0.4, 0.5) is 0 Å². The summed E-state index contributed by atoms with van der Waals surface area (Å²) in [6.45, 7) is 4.76. The van der Waals surface area contributed by atoms with Crippen LogP contribution < -0.4 is 10.5 Å². The third-order valence-corrected chi connectivity index (χ3v) is 2.51. The van der Waals surface area contributed by atoms with E-state index in [4.69, 9.17) is 14.9 Å². The summed E-state index contributed by atoms with van der Waals surface area (Å²) < 4.78 is 10.8. The largest absolute Gasteiger partial charge is 0.482 e. The summed E-state index contributed by atoms with van der Waals surface area (Å²) in [6.07, 6.45) is 3.29. The first-order valence-electron chi connectivity index (χ1n) is 5.91. The molecule has 0 bridgehead atoms. The molecule has 18 heavy (non-hydrogen) atoms. The minimum absolute atomic E-state index is 0.273. The number of furan rings is 1. The van der Waals surface area contributed by atoms with Gasteiger partial charge in [-0.1, -0.05) is 13.8 Å². The summed E-state index contributed by atoms with van der Waals surface area (Å²) >= 11 is 0. The average Bonchev–Trinajstić information content (AvgIpc) is 2.89. The van der Waals surface area contributed by atoms with Crippen molar-refractivity contribution < 1.29 is 9.15 Å². The molecule has 0 amide bonds. The van der Waals surface area contributed by atoms with Gasteiger partial charge in [0.1, 0.15) is 18.2 Å². The molecule has 2 aromatic rings. The van der Waals surface area contributed by atoms with Gasteiger partial charge in [0, 0.05) is 12.5 Å². The molecule has 2 rings (SSSR count). The molecule has 2 heterocycles. The Kier molecular flexibility index (Phi) is 3.94. The predicted molar refractivity (Wildman–Crippen MR) is 67.1 cm³/mol. The monoisotopic (exact) mass is 247 g/mol. The van der Waals surface area contributed by atoms with Crippen LogP contribution in [0, 0.1) is 0 Å². The van der Waals surface area contributed by atoms with E-state index in [2.05, 4.69) is 9.97 Å². The first-order chi connectivity index (χ1) is 8.70. The van der Waals surface area contributed by atoms with E-state index in [1.165, 1.54) is 0 Å². The van der Waals surface area contributed by atoms with Crippen LogP contribution in [0.3, 0.4) is 0 Å². The molecule has 0 aromatic carbocycles. The molecular weight excluding hydrogens is 230 g/mol. The molecule has 0 saturated carbocycles. The zero-order valence-corrected chi connectivity index (χ0v) is 10.6. The summed E-state index contributed by atoms with van der Waals surface area (Å²) in [5.74, 6) is 2.42. The predicted octanol–water partition coefficient (Wildman–Crippen LogP) is 2.23. The Hall–Kier alpha value is -1.88. The Balaban J connectivity index is 2.12. The summed E-state index contributed by atoms with van der Waals surface area (Å²) in [7, 11) is 0. The molecule has 2 N–H and O–H groups in total. The molecule has 0 aliphatic rings. The van der Waals surface area contributed by atoms with Gasteiger partial charge in [-0.2, -0.15) is 0 Å². The zero-order chi connectivity index (χ0) is 13.0. The lowest BCUT2D eigenvalue weighted by atomic mass is 10.2. The standard InChI is InChI=1S/C13H17N3O2/c1-9(2)13-15-7-12(11(6-14)16-13)18-8-10-4-3-5-17-10/h3-5,7,9H,6,8,14H2,1-2H3. The van der Waals surface area contributed by atoms with Gasteiger partial charge >= 0.3 is 0 Å². The Labute approximate surface area is 106 Å². The molecule has 0 radical (unpaired) electrons. The summed E-state index contributed by atoms with van der Waals surface area (Å²) in [4.78, 5) is 8.66. The van der Waals surface area contributed by atoms with Gasteiger partial charge in [-0.15, -0.1) is 0 Å². The highest BCUT2D eigenvalue weighted by molar-refractivity contribution is 5.25. The van der Waals surface area contributed by atoms with Gasteiger partial charge in [-0.05, 0) is 12.1 Å². The lowest BCUT2D eigenvalue weighted by Gasteiger charge is -2.11. The van der Waals surface area contributed by atoms with Crippen molar-refractivity contribution in [2.24, 2.45) is 5.73 Å². The van der Waals surface area contributed by atoms with E-state index in [-0.39, 0.29) is 5.92 Å². The molecule has 96 valence electrons. The van der Waals surface area contributed by atoms with Crippen molar-refractivity contribution in [2.75, 3.05) is 0 Å². The quantitative estimate of drug-likeness (QED) is 0.877. The van der Waals surface area contributed by atoms with Gasteiger partial charge in [0.15, 0.2) is 5.75 Å². The van der Waals surface area contributed by atoms with E-state index in [9.17, 15) is 0 Å². The van der Waals surface area contributed by atoms with Gasteiger partial charge in [0.05, 0.1) is 18.2 Å². The summed E-state index contributed by atoms with van der Waals surface area (Å²) in [5, 5.41) is 0. The minimum atomic E-state index is 0.273. The second-order valence-corrected chi connectivity index (χ2v) is 4.27. The summed E-state index contributed by atoms with van der Waals surface area (Å²) in [5.41, 5.74) is 6.40. The number of aromatic nitrogens is 2. The summed E-state index contributed by atoms with van der Waals surface area (Å²) in [6, 6.07) is 3.67. The molecular formula is C13H17N3O2. The topological polar surface area (TPSA) is 74.2 Å². The molecule has 0 spiro atoms. The smallest absolute Gasteiger partial charge is 0.161 e. The van der Waals surface area contributed by atoms with Crippen LogP contribution in [0.2, 0.25) is 0 Å². The van der Waals surface area contributed by atoms with Crippen molar-refractivity contribution >= 4 is 0 Å².